The van der Waals surface area contributed by atoms with Crippen molar-refractivity contribution < 1.29 is 23.8 Å². The van der Waals surface area contributed by atoms with E-state index in [-0.39, 0.29) is 5.56 Å². The van der Waals surface area contributed by atoms with E-state index in [1.165, 1.54) is 0 Å². The maximum absolute atomic E-state index is 15.1. The van der Waals surface area contributed by atoms with Crippen molar-refractivity contribution in [2.45, 2.75) is 66.0 Å². The quantitative estimate of drug-likeness (QED) is 0.633. The molecule has 0 aliphatic heterocycles. The zero-order valence-electron chi connectivity index (χ0n) is 18.4. The number of carboxylic acid groups (broad SMARTS) is 1. The molecule has 1 amide bonds. The Hall–Kier alpha value is -2.89. The van der Waals surface area contributed by atoms with Crippen LogP contribution in [0, 0.1) is 19.7 Å². The smallest absolute Gasteiger partial charge is 0.408 e. The van der Waals surface area contributed by atoms with E-state index in [2.05, 4.69) is 5.32 Å². The summed E-state index contributed by atoms with van der Waals surface area (Å²) in [5, 5.41) is 11.9. The van der Waals surface area contributed by atoms with E-state index in [1.54, 1.807) is 39.8 Å². The van der Waals surface area contributed by atoms with Gasteiger partial charge in [0.05, 0.1) is 12.5 Å². The van der Waals surface area contributed by atoms with E-state index >= 15 is 4.39 Å². The summed E-state index contributed by atoms with van der Waals surface area (Å²) in [4.78, 5) is 23.7. The predicted molar refractivity (Wildman–Crippen MR) is 115 cm³/mol. The molecule has 0 aliphatic rings. The number of hydrogen-bond donors (Lipinski definition) is 2. The lowest BCUT2D eigenvalue weighted by Crippen LogP contribution is -2.36. The topological polar surface area (TPSA) is 75.6 Å². The summed E-state index contributed by atoms with van der Waals surface area (Å²) in [6.07, 6.45) is -0.452. The van der Waals surface area contributed by atoms with E-state index in [9.17, 15) is 14.7 Å². The fraction of sp³-hybridized carbons (Fsp3) is 0.417. The molecule has 0 saturated carbocycles. The summed E-state index contributed by atoms with van der Waals surface area (Å²) in [7, 11) is 0. The van der Waals surface area contributed by atoms with E-state index in [0.29, 0.717) is 5.56 Å². The van der Waals surface area contributed by atoms with Gasteiger partial charge in [-0.05, 0) is 81.0 Å². The van der Waals surface area contributed by atoms with Crippen LogP contribution in [0.25, 0.3) is 11.1 Å². The third kappa shape index (κ3) is 5.81. The van der Waals surface area contributed by atoms with Gasteiger partial charge in [0.1, 0.15) is 11.4 Å². The highest BCUT2D eigenvalue weighted by molar-refractivity contribution is 5.75. The summed E-state index contributed by atoms with van der Waals surface area (Å²) in [5.41, 5.74) is 3.70. The number of ether oxygens (including phenoxy) is 1. The number of carbonyl (C=O) groups is 2. The number of halogens is 1. The minimum absolute atomic E-state index is 0.128. The van der Waals surface area contributed by atoms with Crippen molar-refractivity contribution in [3.05, 3.63) is 58.4 Å². The van der Waals surface area contributed by atoms with Gasteiger partial charge in [-0.1, -0.05) is 25.1 Å². The number of carboxylic acids is 1. The zero-order chi connectivity index (χ0) is 22.6. The van der Waals surface area contributed by atoms with E-state index in [0.717, 1.165) is 28.7 Å². The summed E-state index contributed by atoms with van der Waals surface area (Å²) in [5.74, 6) is -1.68. The maximum Gasteiger partial charge on any atom is 0.408 e. The highest BCUT2D eigenvalue weighted by atomic mass is 19.1. The molecule has 30 heavy (non-hydrogen) atoms. The van der Waals surface area contributed by atoms with Crippen LogP contribution in [0.2, 0.25) is 0 Å². The number of hydrogen-bond acceptors (Lipinski definition) is 3. The fourth-order valence-corrected chi connectivity index (χ4v) is 3.49. The minimum atomic E-state index is -1.15. The average molecular weight is 416 g/mol. The second-order valence-electron chi connectivity index (χ2n) is 8.46. The lowest BCUT2D eigenvalue weighted by atomic mass is 9.89. The Kier molecular flexibility index (Phi) is 7.24. The lowest BCUT2D eigenvalue weighted by molar-refractivity contribution is -0.137. The molecule has 0 radical (unpaired) electrons. The maximum atomic E-state index is 15.1. The summed E-state index contributed by atoms with van der Waals surface area (Å²) < 4.78 is 20.3. The number of carbonyl (C=O) groups excluding carboxylic acids is 1. The summed E-state index contributed by atoms with van der Waals surface area (Å²) >= 11 is 0. The molecule has 0 saturated heterocycles. The van der Waals surface area contributed by atoms with Gasteiger partial charge < -0.3 is 15.2 Å². The number of amides is 1. The van der Waals surface area contributed by atoms with Gasteiger partial charge in [0.25, 0.3) is 0 Å². The average Bonchev–Trinajstić information content (AvgIpc) is 2.61. The van der Waals surface area contributed by atoms with E-state index < -0.39 is 35.9 Å². The molecule has 6 heteroatoms. The largest absolute Gasteiger partial charge is 0.481 e. The van der Waals surface area contributed by atoms with Crippen LogP contribution in [0.3, 0.4) is 0 Å². The van der Waals surface area contributed by atoms with Gasteiger partial charge in [-0.15, -0.1) is 0 Å². The number of nitrogens with one attached hydrogen (secondary N) is 1. The summed E-state index contributed by atoms with van der Waals surface area (Å²) in [6, 6.07) is 8.31. The molecule has 0 unspecified atom stereocenters. The van der Waals surface area contributed by atoms with Crippen molar-refractivity contribution in [3.8, 4) is 11.1 Å². The van der Waals surface area contributed by atoms with Gasteiger partial charge in [0, 0.05) is 5.56 Å². The Morgan fingerprint density at radius 3 is 2.40 bits per heavy atom. The third-order valence-electron chi connectivity index (χ3n) is 4.76. The Labute approximate surface area is 177 Å². The molecule has 0 fully saturated rings. The van der Waals surface area contributed by atoms with Gasteiger partial charge >= 0.3 is 12.1 Å². The number of alkyl carbamates (subject to hydrolysis) is 1. The second kappa shape index (κ2) is 9.28. The number of rotatable bonds is 6. The minimum Gasteiger partial charge on any atom is -0.481 e. The molecule has 2 aromatic carbocycles. The van der Waals surface area contributed by atoms with Crippen molar-refractivity contribution in [1.29, 1.82) is 0 Å². The molecule has 1 atom stereocenters. The standard InChI is InChI=1S/C24H30FNO4/c1-7-16-10-8-9-14(2)21(16)17-11-15(3)22(25)18(12-17)19(13-20(27)28)26-23(29)30-24(4,5)6/h8-12,19H,7,13H2,1-6H3,(H,26,29)(H,27,28)/t19-/m0/s1. The van der Waals surface area contributed by atoms with E-state index in [1.807, 2.05) is 32.0 Å². The molecule has 0 aliphatic carbocycles. The molecule has 0 aromatic heterocycles. The number of aryl methyl sites for hydroxylation is 3. The van der Waals surface area contributed by atoms with Gasteiger partial charge in [0.2, 0.25) is 0 Å². The van der Waals surface area contributed by atoms with Crippen molar-refractivity contribution in [3.63, 3.8) is 0 Å². The first-order valence-corrected chi connectivity index (χ1v) is 10.0. The molecule has 162 valence electrons. The van der Waals surface area contributed by atoms with Gasteiger partial charge in [0.15, 0.2) is 0 Å². The van der Waals surface area contributed by atoms with E-state index in [4.69, 9.17) is 4.74 Å². The molecular formula is C24H30FNO4. The number of aliphatic carboxylic acids is 1. The normalized spacial score (nSPS) is 12.4. The Balaban J connectivity index is 2.57. The second-order valence-corrected chi connectivity index (χ2v) is 8.46. The van der Waals surface area contributed by atoms with Crippen molar-refractivity contribution in [2.24, 2.45) is 0 Å². The Morgan fingerprint density at radius 2 is 1.83 bits per heavy atom. The van der Waals surface area contributed by atoms with Crippen LogP contribution in [-0.4, -0.2) is 22.8 Å². The van der Waals surface area contributed by atoms with Gasteiger partial charge in [-0.25, -0.2) is 9.18 Å². The highest BCUT2D eigenvalue weighted by Gasteiger charge is 2.26. The first-order valence-electron chi connectivity index (χ1n) is 10.0. The molecule has 2 N–H and O–H groups in total. The van der Waals surface area contributed by atoms with Crippen molar-refractivity contribution >= 4 is 12.1 Å². The highest BCUT2D eigenvalue weighted by Crippen LogP contribution is 2.33. The zero-order valence-corrected chi connectivity index (χ0v) is 18.4. The fourth-order valence-electron chi connectivity index (χ4n) is 3.49. The van der Waals surface area contributed by atoms with Gasteiger partial charge in [-0.3, -0.25) is 4.79 Å². The molecule has 0 spiro atoms. The van der Waals surface area contributed by atoms with Crippen LogP contribution in [0.4, 0.5) is 9.18 Å². The molecule has 0 bridgehead atoms. The van der Waals surface area contributed by atoms with Gasteiger partial charge in [-0.2, -0.15) is 0 Å². The first kappa shape index (κ1) is 23.4. The summed E-state index contributed by atoms with van der Waals surface area (Å²) in [6.45, 7) is 10.8. The predicted octanol–water partition coefficient (Wildman–Crippen LogP) is 5.71. The van der Waals surface area contributed by atoms with Crippen LogP contribution in [-0.2, 0) is 16.0 Å². The van der Waals surface area contributed by atoms with Crippen LogP contribution < -0.4 is 5.32 Å². The van der Waals surface area contributed by atoms with Crippen molar-refractivity contribution in [1.82, 2.24) is 5.32 Å². The lowest BCUT2D eigenvalue weighted by Gasteiger charge is -2.24. The first-order chi connectivity index (χ1) is 13.9. The SMILES string of the molecule is CCc1cccc(C)c1-c1cc(C)c(F)c([C@H](CC(=O)O)NC(=O)OC(C)(C)C)c1. The van der Waals surface area contributed by atoms with Crippen LogP contribution in [0.5, 0.6) is 0 Å². The van der Waals surface area contributed by atoms with Crippen LogP contribution in [0.1, 0.15) is 62.4 Å². The van der Waals surface area contributed by atoms with Crippen LogP contribution in [0.15, 0.2) is 30.3 Å². The van der Waals surface area contributed by atoms with Crippen LogP contribution >= 0.6 is 0 Å². The molecule has 0 heterocycles. The third-order valence-corrected chi connectivity index (χ3v) is 4.76. The molecular weight excluding hydrogens is 385 g/mol. The molecule has 2 rings (SSSR count). The Morgan fingerprint density at radius 1 is 1.17 bits per heavy atom. The van der Waals surface area contributed by atoms with Crippen molar-refractivity contribution in [2.75, 3.05) is 0 Å². The molecule has 2 aromatic rings. The number of benzene rings is 2. The Bertz CT molecular complexity index is 947. The monoisotopic (exact) mass is 415 g/mol. The molecule has 5 nitrogen and oxygen atoms in total.